The summed E-state index contributed by atoms with van der Waals surface area (Å²) in [6.45, 7) is -1.26. The molecule has 23 nitrogen and oxygen atoms in total. The summed E-state index contributed by atoms with van der Waals surface area (Å²) in [7, 11) is 0. The van der Waals surface area contributed by atoms with Crippen molar-refractivity contribution >= 4 is 11.8 Å². The van der Waals surface area contributed by atoms with Crippen LogP contribution in [0.2, 0.25) is 0 Å². The lowest BCUT2D eigenvalue weighted by atomic mass is 9.94. The van der Waals surface area contributed by atoms with Crippen LogP contribution in [0.1, 0.15) is 13.8 Å². The molecule has 23 heteroatoms. The van der Waals surface area contributed by atoms with Crippen molar-refractivity contribution in [3.63, 3.8) is 0 Å². The number of hydrogen-bond donors (Lipinski definition) is 14. The van der Waals surface area contributed by atoms with E-state index in [9.17, 15) is 70.9 Å². The highest BCUT2D eigenvalue weighted by Crippen LogP contribution is 2.34. The van der Waals surface area contributed by atoms with E-state index in [0.29, 0.717) is 0 Å². The topological polar surface area (TPSA) is 366 Å². The summed E-state index contributed by atoms with van der Waals surface area (Å²) in [4.78, 5) is 23.6. The summed E-state index contributed by atoms with van der Waals surface area (Å²) in [5.74, 6) is -1.38. The van der Waals surface area contributed by atoms with Crippen LogP contribution in [0.4, 0.5) is 0 Å². The predicted molar refractivity (Wildman–Crippen MR) is 157 cm³/mol. The summed E-state index contributed by atoms with van der Waals surface area (Å²) >= 11 is 0. The number of aliphatic hydroxyl groups excluding tert-OH is 12. The number of hydrogen-bond acceptors (Lipinski definition) is 21. The number of ether oxygens (including phenoxy) is 7. The summed E-state index contributed by atoms with van der Waals surface area (Å²) in [6.07, 6.45) is -31.6. The van der Waals surface area contributed by atoms with Crippen LogP contribution in [-0.4, -0.2) is 222 Å². The average molecular weight is 749 g/mol. The second-order valence-corrected chi connectivity index (χ2v) is 12.6. The van der Waals surface area contributed by atoms with E-state index in [1.54, 1.807) is 0 Å². The minimum absolute atomic E-state index is 0.681. The van der Waals surface area contributed by atoms with Crippen molar-refractivity contribution in [2.45, 2.75) is 137 Å². The third-order valence-electron chi connectivity index (χ3n) is 9.01. The van der Waals surface area contributed by atoms with Gasteiger partial charge >= 0.3 is 0 Å². The number of nitrogens with one attached hydrogen (secondary N) is 2. The molecular formula is C28H48N2O21. The molecule has 0 bridgehead atoms. The first-order valence-electron chi connectivity index (χ1n) is 16.1. The van der Waals surface area contributed by atoms with E-state index in [4.69, 9.17) is 33.2 Å². The van der Waals surface area contributed by atoms with Gasteiger partial charge in [0.15, 0.2) is 25.2 Å². The van der Waals surface area contributed by atoms with Gasteiger partial charge in [0.1, 0.15) is 97.5 Å². The van der Waals surface area contributed by atoms with Crippen molar-refractivity contribution in [1.29, 1.82) is 0 Å². The van der Waals surface area contributed by atoms with Gasteiger partial charge in [-0.15, -0.1) is 0 Å². The third-order valence-corrected chi connectivity index (χ3v) is 9.01. The molecule has 4 rings (SSSR count). The lowest BCUT2D eigenvalue weighted by molar-refractivity contribution is -0.382. The summed E-state index contributed by atoms with van der Waals surface area (Å²) in [5, 5.41) is 130. The molecule has 0 spiro atoms. The fourth-order valence-electron chi connectivity index (χ4n) is 6.35. The Hall–Kier alpha value is -1.82. The van der Waals surface area contributed by atoms with E-state index in [1.165, 1.54) is 0 Å². The summed E-state index contributed by atoms with van der Waals surface area (Å²) in [5.41, 5.74) is 0. The Kier molecular flexibility index (Phi) is 14.8. The van der Waals surface area contributed by atoms with Gasteiger partial charge in [0.05, 0.1) is 26.4 Å². The Balaban J connectivity index is 1.53. The van der Waals surface area contributed by atoms with Crippen LogP contribution in [0.15, 0.2) is 0 Å². The van der Waals surface area contributed by atoms with Gasteiger partial charge in [0, 0.05) is 13.8 Å². The predicted octanol–water partition coefficient (Wildman–Crippen LogP) is -9.46. The number of carbonyl (C=O) groups excluding carboxylic acids is 2. The molecule has 4 aliphatic rings. The molecule has 4 heterocycles. The van der Waals surface area contributed by atoms with Gasteiger partial charge < -0.3 is 105 Å². The first kappa shape index (κ1) is 41.9. The highest BCUT2D eigenvalue weighted by atomic mass is 16.8. The van der Waals surface area contributed by atoms with Crippen molar-refractivity contribution in [3.05, 3.63) is 0 Å². The zero-order valence-electron chi connectivity index (χ0n) is 27.4. The molecule has 20 atom stereocenters. The monoisotopic (exact) mass is 748 g/mol. The molecule has 0 radical (unpaired) electrons. The zero-order valence-corrected chi connectivity index (χ0v) is 27.4. The number of aliphatic hydroxyl groups is 12. The molecular weight excluding hydrogens is 700 g/mol. The van der Waals surface area contributed by atoms with Gasteiger partial charge in [-0.1, -0.05) is 0 Å². The number of carbonyl (C=O) groups is 2. The van der Waals surface area contributed by atoms with Crippen LogP contribution >= 0.6 is 0 Å². The number of amides is 2. The molecule has 296 valence electrons. The van der Waals surface area contributed by atoms with Crippen LogP contribution < -0.4 is 10.6 Å². The molecule has 0 aromatic heterocycles. The second kappa shape index (κ2) is 18.0. The number of rotatable bonds is 12. The Morgan fingerprint density at radius 1 is 0.471 bits per heavy atom. The van der Waals surface area contributed by atoms with Gasteiger partial charge in [-0.25, -0.2) is 0 Å². The van der Waals surface area contributed by atoms with E-state index in [1.807, 2.05) is 0 Å². The largest absolute Gasteiger partial charge is 0.394 e. The minimum Gasteiger partial charge on any atom is -0.394 e. The average Bonchev–Trinajstić information content (AvgIpc) is 3.09. The fraction of sp³-hybridized carbons (Fsp3) is 0.929. The standard InChI is InChI=1S/C28H48N2O21/c1-7(35)29-13-18(40)15(37)9(3-31)46-26(13)51-24-17(39)11(5-33)47-28(21(24)43)49-22-12(6-34)48-27(20(42)19(22)41)50-23-14(30-8(2)36)25(44)45-10(4-32)16(23)38/h9-28,31-34,37-44H,3-6H2,1-2H3,(H,29,35)(H,30,36)/t9-,10-,11-,12-,13-,14-,15+,16+,17+,18-,19-,20-,21-,22+,23-,24+,25-,26+,27+,28-/m1/s1. The first-order chi connectivity index (χ1) is 24.1. The molecule has 0 aromatic rings. The van der Waals surface area contributed by atoms with Gasteiger partial charge in [0.2, 0.25) is 11.8 Å². The quantitative estimate of drug-likeness (QED) is 0.0881. The van der Waals surface area contributed by atoms with Crippen molar-refractivity contribution in [3.8, 4) is 0 Å². The molecule has 4 fully saturated rings. The van der Waals surface area contributed by atoms with E-state index in [0.717, 1.165) is 13.8 Å². The zero-order chi connectivity index (χ0) is 37.9. The van der Waals surface area contributed by atoms with Gasteiger partial charge in [-0.05, 0) is 0 Å². The summed E-state index contributed by atoms with van der Waals surface area (Å²) < 4.78 is 38.9. The van der Waals surface area contributed by atoms with Crippen molar-refractivity contribution in [2.24, 2.45) is 0 Å². The van der Waals surface area contributed by atoms with E-state index in [2.05, 4.69) is 10.6 Å². The third kappa shape index (κ3) is 9.11. The maximum Gasteiger partial charge on any atom is 0.217 e. The van der Waals surface area contributed by atoms with E-state index in [-0.39, 0.29) is 0 Å². The SMILES string of the molecule is CC(=O)N[C@@H]1[C@@H](O[C@@H]2O[C@H](CO)[C@H](O[C@H]3O[C@H](CO)[C@H](O)[C@H](O[C@@H]4O[C@H](CO)[C@H](O)[C@H](O)[C@H]4NC(C)=O)[C@H]3O)[C@H](O)[C@H]2O)[C@@H](O)[C@@H](CO)O[C@H]1O. The normalized spacial score (nSPS) is 47.8. The molecule has 51 heavy (non-hydrogen) atoms. The molecule has 0 aliphatic carbocycles. The van der Waals surface area contributed by atoms with Gasteiger partial charge in [0.25, 0.3) is 0 Å². The second-order valence-electron chi connectivity index (χ2n) is 12.6. The van der Waals surface area contributed by atoms with Crippen molar-refractivity contribution in [1.82, 2.24) is 10.6 Å². The van der Waals surface area contributed by atoms with E-state index >= 15 is 0 Å². The van der Waals surface area contributed by atoms with Crippen molar-refractivity contribution < 1.29 is 104 Å². The smallest absolute Gasteiger partial charge is 0.217 e. The summed E-state index contributed by atoms with van der Waals surface area (Å²) in [6, 6.07) is -2.96. The Morgan fingerprint density at radius 3 is 1.47 bits per heavy atom. The molecule has 2 amide bonds. The highest BCUT2D eigenvalue weighted by molar-refractivity contribution is 5.73. The molecule has 4 saturated heterocycles. The van der Waals surface area contributed by atoms with E-state index < -0.39 is 161 Å². The van der Waals surface area contributed by atoms with Crippen LogP contribution in [0.3, 0.4) is 0 Å². The molecule has 0 unspecified atom stereocenters. The van der Waals surface area contributed by atoms with Gasteiger partial charge in [-0.2, -0.15) is 0 Å². The highest BCUT2D eigenvalue weighted by Gasteiger charge is 2.55. The Morgan fingerprint density at radius 2 is 0.902 bits per heavy atom. The fourth-order valence-corrected chi connectivity index (χ4v) is 6.35. The molecule has 0 aromatic carbocycles. The van der Waals surface area contributed by atoms with Crippen LogP contribution in [0.25, 0.3) is 0 Å². The molecule has 14 N–H and O–H groups in total. The Labute approximate surface area is 289 Å². The van der Waals surface area contributed by atoms with Crippen LogP contribution in [0, 0.1) is 0 Å². The maximum atomic E-state index is 11.8. The molecule has 0 saturated carbocycles. The van der Waals surface area contributed by atoms with Crippen LogP contribution in [-0.2, 0) is 42.7 Å². The Bertz CT molecular complexity index is 1140. The molecule has 4 aliphatic heterocycles. The first-order valence-corrected chi connectivity index (χ1v) is 16.1. The lowest BCUT2D eigenvalue weighted by Crippen LogP contribution is -2.69. The van der Waals surface area contributed by atoms with Crippen LogP contribution in [0.5, 0.6) is 0 Å². The van der Waals surface area contributed by atoms with Gasteiger partial charge in [-0.3, -0.25) is 9.59 Å². The van der Waals surface area contributed by atoms with Crippen molar-refractivity contribution in [2.75, 3.05) is 26.4 Å². The minimum atomic E-state index is -2.06. The maximum absolute atomic E-state index is 11.8. The lowest BCUT2D eigenvalue weighted by Gasteiger charge is -2.49.